The maximum absolute atomic E-state index is 3.77. The number of piperidine rings is 1. The predicted molar refractivity (Wildman–Crippen MR) is 78.2 cm³/mol. The van der Waals surface area contributed by atoms with Gasteiger partial charge in [0.2, 0.25) is 0 Å². The summed E-state index contributed by atoms with van der Waals surface area (Å²) in [6.45, 7) is 8.16. The van der Waals surface area contributed by atoms with Crippen LogP contribution in [-0.4, -0.2) is 30.1 Å². The van der Waals surface area contributed by atoms with Crippen molar-refractivity contribution in [3.8, 4) is 0 Å². The van der Waals surface area contributed by atoms with Crippen molar-refractivity contribution in [1.82, 2.24) is 10.2 Å². The molecule has 3 heterocycles. The summed E-state index contributed by atoms with van der Waals surface area (Å²) in [7, 11) is 0. The molecule has 0 aromatic carbocycles. The largest absolute Gasteiger partial charge is 0.309 e. The highest BCUT2D eigenvalue weighted by molar-refractivity contribution is 7.12. The molecule has 3 rings (SSSR count). The lowest BCUT2D eigenvalue weighted by Gasteiger charge is -2.35. The molecule has 0 spiro atoms. The molecular formula is C15H24N2S. The van der Waals surface area contributed by atoms with E-state index in [4.69, 9.17) is 0 Å². The van der Waals surface area contributed by atoms with Crippen molar-refractivity contribution in [1.29, 1.82) is 0 Å². The summed E-state index contributed by atoms with van der Waals surface area (Å²) in [5, 5.41) is 3.77. The summed E-state index contributed by atoms with van der Waals surface area (Å²) in [6.07, 6.45) is 5.54. The minimum atomic E-state index is 0.743. The van der Waals surface area contributed by atoms with E-state index in [2.05, 4.69) is 30.1 Å². The van der Waals surface area contributed by atoms with Crippen molar-refractivity contribution >= 4 is 11.3 Å². The number of hydrogen-bond acceptors (Lipinski definition) is 3. The Labute approximate surface area is 114 Å². The molecule has 100 valence electrons. The van der Waals surface area contributed by atoms with Crippen LogP contribution in [0.25, 0.3) is 0 Å². The van der Waals surface area contributed by atoms with E-state index in [0.717, 1.165) is 18.6 Å². The zero-order valence-electron chi connectivity index (χ0n) is 11.5. The van der Waals surface area contributed by atoms with Crippen LogP contribution in [0.4, 0.5) is 0 Å². The van der Waals surface area contributed by atoms with E-state index in [1.54, 1.807) is 0 Å². The molecule has 2 saturated heterocycles. The Morgan fingerprint density at radius 3 is 3.00 bits per heavy atom. The molecule has 1 N–H and O–H groups in total. The summed E-state index contributed by atoms with van der Waals surface area (Å²) in [6, 6.07) is 3.97. The van der Waals surface area contributed by atoms with E-state index in [-0.39, 0.29) is 0 Å². The monoisotopic (exact) mass is 264 g/mol. The Bertz CT molecular complexity index is 393. The maximum Gasteiger partial charge on any atom is 0.0302 e. The molecule has 0 amide bonds. The van der Waals surface area contributed by atoms with Crippen LogP contribution in [0.5, 0.6) is 0 Å². The summed E-state index contributed by atoms with van der Waals surface area (Å²) in [5.41, 5.74) is 1.45. The first-order chi connectivity index (χ1) is 8.72. The van der Waals surface area contributed by atoms with E-state index in [1.807, 2.05) is 11.3 Å². The quantitative estimate of drug-likeness (QED) is 0.902. The first kappa shape index (κ1) is 12.6. The molecule has 3 heteroatoms. The van der Waals surface area contributed by atoms with Gasteiger partial charge < -0.3 is 10.2 Å². The molecule has 2 aliphatic rings. The van der Waals surface area contributed by atoms with Gasteiger partial charge in [-0.25, -0.2) is 0 Å². The molecule has 2 nitrogen and oxygen atoms in total. The molecule has 2 unspecified atom stereocenters. The van der Waals surface area contributed by atoms with E-state index >= 15 is 0 Å². The topological polar surface area (TPSA) is 15.3 Å². The predicted octanol–water partition coefficient (Wildman–Crippen LogP) is 3.08. The van der Waals surface area contributed by atoms with Gasteiger partial charge >= 0.3 is 0 Å². The number of rotatable bonds is 3. The van der Waals surface area contributed by atoms with Crippen LogP contribution in [0.15, 0.2) is 6.07 Å². The molecule has 2 fully saturated rings. The Morgan fingerprint density at radius 2 is 2.22 bits per heavy atom. The normalized spacial score (nSPS) is 28.6. The lowest BCUT2D eigenvalue weighted by molar-refractivity contribution is 0.166. The Balaban J connectivity index is 1.51. The molecule has 2 aliphatic heterocycles. The van der Waals surface area contributed by atoms with E-state index in [0.29, 0.717) is 0 Å². The van der Waals surface area contributed by atoms with Crippen LogP contribution in [0, 0.1) is 13.8 Å². The van der Waals surface area contributed by atoms with E-state index < -0.39 is 0 Å². The Hall–Kier alpha value is -0.380. The molecule has 2 atom stereocenters. The van der Waals surface area contributed by atoms with Gasteiger partial charge in [-0.3, -0.25) is 0 Å². The molecular weight excluding hydrogens is 240 g/mol. The van der Waals surface area contributed by atoms with Crippen LogP contribution < -0.4 is 5.32 Å². The van der Waals surface area contributed by atoms with Crippen molar-refractivity contribution in [2.75, 3.05) is 13.1 Å². The number of aryl methyl sites for hydroxylation is 2. The first-order valence-electron chi connectivity index (χ1n) is 7.26. The van der Waals surface area contributed by atoms with Gasteiger partial charge in [-0.15, -0.1) is 11.3 Å². The number of fused-ring (bicyclic) bond motifs is 1. The molecule has 0 aliphatic carbocycles. The fourth-order valence-electron chi connectivity index (χ4n) is 3.39. The molecule has 1 aromatic heterocycles. The fraction of sp³-hybridized carbons (Fsp3) is 0.733. The maximum atomic E-state index is 3.77. The van der Waals surface area contributed by atoms with Crippen LogP contribution >= 0.6 is 11.3 Å². The van der Waals surface area contributed by atoms with E-state index in [9.17, 15) is 0 Å². The van der Waals surface area contributed by atoms with Gasteiger partial charge in [0.1, 0.15) is 0 Å². The van der Waals surface area contributed by atoms with Crippen molar-refractivity contribution in [2.24, 2.45) is 0 Å². The standard InChI is InChI=1S/C15H24N2S/c1-11-8-15(18-12(11)2)10-16-13-5-7-17-6-3-4-14(17)9-13/h8,13-14,16H,3-7,9-10H2,1-2H3. The number of nitrogens with zero attached hydrogens (tertiary/aromatic N) is 1. The van der Waals surface area contributed by atoms with Crippen molar-refractivity contribution in [3.63, 3.8) is 0 Å². The summed E-state index contributed by atoms with van der Waals surface area (Å²) in [4.78, 5) is 5.66. The zero-order chi connectivity index (χ0) is 12.5. The average Bonchev–Trinajstić information content (AvgIpc) is 2.94. The fourth-order valence-corrected chi connectivity index (χ4v) is 4.40. The van der Waals surface area contributed by atoms with Gasteiger partial charge in [0.15, 0.2) is 0 Å². The lowest BCUT2D eigenvalue weighted by Crippen LogP contribution is -2.45. The number of thiophene rings is 1. The second-order valence-corrected chi connectivity index (χ2v) is 7.23. The van der Waals surface area contributed by atoms with Gasteiger partial charge in [-0.1, -0.05) is 0 Å². The Morgan fingerprint density at radius 1 is 1.33 bits per heavy atom. The van der Waals surface area contributed by atoms with Crippen LogP contribution in [0.3, 0.4) is 0 Å². The molecule has 0 radical (unpaired) electrons. The second kappa shape index (κ2) is 5.32. The lowest BCUT2D eigenvalue weighted by atomic mass is 9.97. The molecule has 18 heavy (non-hydrogen) atoms. The van der Waals surface area contributed by atoms with Crippen LogP contribution in [-0.2, 0) is 6.54 Å². The van der Waals surface area contributed by atoms with Crippen molar-refractivity contribution in [3.05, 3.63) is 21.4 Å². The molecule has 0 bridgehead atoms. The number of nitrogens with one attached hydrogen (secondary N) is 1. The number of hydrogen-bond donors (Lipinski definition) is 1. The molecule has 1 aromatic rings. The highest BCUT2D eigenvalue weighted by Crippen LogP contribution is 2.27. The van der Waals surface area contributed by atoms with Gasteiger partial charge in [0.25, 0.3) is 0 Å². The average molecular weight is 264 g/mol. The molecule has 0 saturated carbocycles. The van der Waals surface area contributed by atoms with Crippen LogP contribution in [0.1, 0.15) is 41.0 Å². The minimum Gasteiger partial charge on any atom is -0.309 e. The van der Waals surface area contributed by atoms with Gasteiger partial charge in [-0.2, -0.15) is 0 Å². The van der Waals surface area contributed by atoms with Gasteiger partial charge in [0.05, 0.1) is 0 Å². The minimum absolute atomic E-state index is 0.743. The third kappa shape index (κ3) is 2.63. The SMILES string of the molecule is Cc1cc(CNC2CCN3CCCC3C2)sc1C. The summed E-state index contributed by atoms with van der Waals surface area (Å²) in [5.74, 6) is 0. The zero-order valence-corrected chi connectivity index (χ0v) is 12.4. The first-order valence-corrected chi connectivity index (χ1v) is 8.07. The highest BCUT2D eigenvalue weighted by atomic mass is 32.1. The summed E-state index contributed by atoms with van der Waals surface area (Å²) < 4.78 is 0. The van der Waals surface area contributed by atoms with Gasteiger partial charge in [0, 0.05) is 28.4 Å². The van der Waals surface area contributed by atoms with E-state index in [1.165, 1.54) is 54.1 Å². The Kier molecular flexibility index (Phi) is 3.73. The van der Waals surface area contributed by atoms with Crippen LogP contribution in [0.2, 0.25) is 0 Å². The third-order valence-electron chi connectivity index (χ3n) is 4.60. The third-order valence-corrected chi connectivity index (χ3v) is 5.75. The van der Waals surface area contributed by atoms with Crippen molar-refractivity contribution < 1.29 is 0 Å². The van der Waals surface area contributed by atoms with Gasteiger partial charge in [-0.05, 0) is 64.3 Å². The summed E-state index contributed by atoms with van der Waals surface area (Å²) >= 11 is 1.95. The van der Waals surface area contributed by atoms with Crippen molar-refractivity contribution in [2.45, 2.75) is 58.2 Å². The second-order valence-electron chi connectivity index (χ2n) is 5.89. The smallest absolute Gasteiger partial charge is 0.0302 e. The highest BCUT2D eigenvalue weighted by Gasteiger charge is 2.31.